The van der Waals surface area contributed by atoms with E-state index in [1.807, 2.05) is 12.1 Å². The second kappa shape index (κ2) is 8.25. The average Bonchev–Trinajstić information content (AvgIpc) is 2.73. The minimum Gasteiger partial charge on any atom is -0.507 e. The van der Waals surface area contributed by atoms with Crippen LogP contribution in [0.15, 0.2) is 18.2 Å². The number of terminal acetylenes is 1. The molecule has 1 aromatic carbocycles. The molecule has 156 valence electrons. The van der Waals surface area contributed by atoms with E-state index in [9.17, 15) is 5.11 Å². The van der Waals surface area contributed by atoms with Crippen LogP contribution in [-0.4, -0.2) is 58.6 Å². The first kappa shape index (κ1) is 19.3. The van der Waals surface area contributed by atoms with Crippen molar-refractivity contribution in [1.82, 2.24) is 15.1 Å². The number of rotatable bonds is 4. The summed E-state index contributed by atoms with van der Waals surface area (Å²) in [4.78, 5) is 2.55. The monoisotopic (exact) mass is 404 g/mol. The quantitative estimate of drug-likeness (QED) is 0.764. The van der Waals surface area contributed by atoms with Gasteiger partial charge in [0.1, 0.15) is 11.4 Å². The molecular weight excluding hydrogens is 376 g/mol. The molecule has 2 aromatic rings. The highest BCUT2D eigenvalue weighted by Gasteiger charge is 2.31. The third-order valence-electron chi connectivity index (χ3n) is 6.64. The normalized spacial score (nSPS) is 22.0. The number of aromatic nitrogens is 2. The van der Waals surface area contributed by atoms with Crippen LogP contribution < -0.4 is 5.32 Å². The van der Waals surface area contributed by atoms with Crippen molar-refractivity contribution in [1.29, 1.82) is 0 Å². The first-order chi connectivity index (χ1) is 14.7. The maximum atomic E-state index is 10.5. The Bertz CT molecular complexity index is 980. The summed E-state index contributed by atoms with van der Waals surface area (Å²) in [5.74, 6) is 3.65. The van der Waals surface area contributed by atoms with Crippen molar-refractivity contribution in [2.24, 2.45) is 0 Å². The number of benzene rings is 1. The molecule has 3 aliphatic rings. The molecule has 1 aliphatic carbocycles. The van der Waals surface area contributed by atoms with Crippen LogP contribution in [0.2, 0.25) is 0 Å². The van der Waals surface area contributed by atoms with Crippen LogP contribution in [0.3, 0.4) is 0 Å². The minimum absolute atomic E-state index is 0.166. The van der Waals surface area contributed by atoms with Gasteiger partial charge in [0.2, 0.25) is 0 Å². The number of nitrogens with zero attached hydrogens (tertiary/aromatic N) is 3. The van der Waals surface area contributed by atoms with Crippen molar-refractivity contribution in [3.63, 3.8) is 0 Å². The van der Waals surface area contributed by atoms with Crippen molar-refractivity contribution in [3.8, 4) is 29.4 Å². The SMILES string of the molecule is C#Cc1ccc(-c2nnc(N[C@@H]3CCCN(C4COC4)C3)c3c2CCCC3)c(O)c1. The molecule has 1 aromatic heterocycles. The molecule has 0 amide bonds. The number of aromatic hydroxyl groups is 1. The number of hydrogen-bond donors (Lipinski definition) is 2. The number of fused-ring (bicyclic) bond motifs is 1. The molecule has 0 spiro atoms. The van der Waals surface area contributed by atoms with Crippen molar-refractivity contribution < 1.29 is 9.84 Å². The van der Waals surface area contributed by atoms with Gasteiger partial charge in [-0.1, -0.05) is 5.92 Å². The maximum absolute atomic E-state index is 10.5. The first-order valence-electron chi connectivity index (χ1n) is 11.0. The number of ether oxygens (including phenoxy) is 1. The summed E-state index contributed by atoms with van der Waals surface area (Å²) < 4.78 is 5.38. The lowest BCUT2D eigenvalue weighted by molar-refractivity contribution is -0.0710. The molecule has 5 rings (SSSR count). The smallest absolute Gasteiger partial charge is 0.152 e. The fourth-order valence-corrected chi connectivity index (χ4v) is 4.89. The zero-order valence-corrected chi connectivity index (χ0v) is 17.2. The zero-order valence-electron chi connectivity index (χ0n) is 17.2. The van der Waals surface area contributed by atoms with Gasteiger partial charge in [-0.15, -0.1) is 16.6 Å². The number of hydrogen-bond acceptors (Lipinski definition) is 6. The molecule has 2 saturated heterocycles. The molecular formula is C24H28N4O2. The first-order valence-corrected chi connectivity index (χ1v) is 11.0. The van der Waals surface area contributed by atoms with Gasteiger partial charge in [-0.2, -0.15) is 0 Å². The van der Waals surface area contributed by atoms with Gasteiger partial charge in [-0.25, -0.2) is 0 Å². The van der Waals surface area contributed by atoms with Crippen molar-refractivity contribution >= 4 is 5.82 Å². The van der Waals surface area contributed by atoms with Gasteiger partial charge >= 0.3 is 0 Å². The van der Waals surface area contributed by atoms with Crippen molar-refractivity contribution in [2.45, 2.75) is 50.6 Å². The van der Waals surface area contributed by atoms with Crippen LogP contribution in [-0.2, 0) is 17.6 Å². The Morgan fingerprint density at radius 3 is 2.70 bits per heavy atom. The van der Waals surface area contributed by atoms with E-state index in [1.54, 1.807) is 6.07 Å². The molecule has 2 N–H and O–H groups in total. The third-order valence-corrected chi connectivity index (χ3v) is 6.64. The topological polar surface area (TPSA) is 70.5 Å². The molecule has 2 fully saturated rings. The fraction of sp³-hybridized carbons (Fsp3) is 0.500. The summed E-state index contributed by atoms with van der Waals surface area (Å²) in [7, 11) is 0. The molecule has 0 saturated carbocycles. The highest BCUT2D eigenvalue weighted by Crippen LogP contribution is 2.37. The fourth-order valence-electron chi connectivity index (χ4n) is 4.89. The van der Waals surface area contributed by atoms with Crippen LogP contribution in [0.5, 0.6) is 5.75 Å². The predicted octanol–water partition coefficient (Wildman–Crippen LogP) is 2.98. The number of phenols is 1. The van der Waals surface area contributed by atoms with E-state index in [1.165, 1.54) is 17.5 Å². The Balaban J connectivity index is 1.42. The highest BCUT2D eigenvalue weighted by atomic mass is 16.5. The highest BCUT2D eigenvalue weighted by molar-refractivity contribution is 5.73. The number of piperidine rings is 1. The van der Waals surface area contributed by atoms with Gasteiger partial charge in [0, 0.05) is 29.3 Å². The van der Waals surface area contributed by atoms with E-state index in [4.69, 9.17) is 11.2 Å². The third kappa shape index (κ3) is 3.64. The second-order valence-electron chi connectivity index (χ2n) is 8.61. The Hall–Kier alpha value is -2.62. The number of likely N-dealkylation sites (tertiary alicyclic amines) is 1. The summed E-state index contributed by atoms with van der Waals surface area (Å²) in [5.41, 5.74) is 4.63. The van der Waals surface area contributed by atoms with Crippen LogP contribution in [0.25, 0.3) is 11.3 Å². The number of phenolic OH excluding ortho intramolecular Hbond substituents is 1. The van der Waals surface area contributed by atoms with E-state index in [2.05, 4.69) is 26.3 Å². The maximum Gasteiger partial charge on any atom is 0.152 e. The van der Waals surface area contributed by atoms with Gasteiger partial charge in [-0.05, 0) is 68.8 Å². The lowest BCUT2D eigenvalue weighted by Gasteiger charge is -2.42. The molecule has 30 heavy (non-hydrogen) atoms. The summed E-state index contributed by atoms with van der Waals surface area (Å²) in [5, 5.41) is 23.4. The summed E-state index contributed by atoms with van der Waals surface area (Å²) >= 11 is 0. The lowest BCUT2D eigenvalue weighted by atomic mass is 9.88. The summed E-state index contributed by atoms with van der Waals surface area (Å²) in [6.07, 6.45) is 12.0. The Morgan fingerprint density at radius 2 is 1.97 bits per heavy atom. The van der Waals surface area contributed by atoms with E-state index in [-0.39, 0.29) is 5.75 Å². The van der Waals surface area contributed by atoms with Gasteiger partial charge in [-0.3, -0.25) is 4.90 Å². The second-order valence-corrected chi connectivity index (χ2v) is 8.61. The zero-order chi connectivity index (χ0) is 20.5. The summed E-state index contributed by atoms with van der Waals surface area (Å²) in [6, 6.07) is 6.29. The van der Waals surface area contributed by atoms with Crippen molar-refractivity contribution in [3.05, 3.63) is 34.9 Å². The van der Waals surface area contributed by atoms with Crippen molar-refractivity contribution in [2.75, 3.05) is 31.6 Å². The van der Waals surface area contributed by atoms with Gasteiger partial charge in [0.15, 0.2) is 5.82 Å². The Morgan fingerprint density at radius 1 is 1.13 bits per heavy atom. The molecule has 0 radical (unpaired) electrons. The van der Waals surface area contributed by atoms with E-state index >= 15 is 0 Å². The number of anilines is 1. The molecule has 3 heterocycles. The van der Waals surface area contributed by atoms with Gasteiger partial charge in [0.25, 0.3) is 0 Å². The Labute approximate surface area is 177 Å². The van der Waals surface area contributed by atoms with E-state index < -0.39 is 0 Å². The molecule has 0 unspecified atom stereocenters. The van der Waals surface area contributed by atoms with Crippen LogP contribution >= 0.6 is 0 Å². The average molecular weight is 405 g/mol. The molecule has 1 atom stereocenters. The van der Waals surface area contributed by atoms with Crippen LogP contribution in [0, 0.1) is 12.3 Å². The molecule has 0 bridgehead atoms. The van der Waals surface area contributed by atoms with E-state index in [0.29, 0.717) is 23.2 Å². The Kier molecular flexibility index (Phi) is 5.32. The molecule has 6 heteroatoms. The summed E-state index contributed by atoms with van der Waals surface area (Å²) in [6.45, 7) is 3.90. The van der Waals surface area contributed by atoms with Gasteiger partial charge in [0.05, 0.1) is 19.3 Å². The van der Waals surface area contributed by atoms with Crippen LogP contribution in [0.1, 0.15) is 42.4 Å². The largest absolute Gasteiger partial charge is 0.507 e. The standard InChI is InChI=1S/C24H28N4O2/c1-2-16-9-10-21(22(29)12-16)23-19-7-3-4-8-20(19)24(27-26-23)25-17-6-5-11-28(13-17)18-14-30-15-18/h1,9-10,12,17-18,29H,3-8,11,13-15H2,(H,25,27)/t17-/m1/s1. The van der Waals surface area contributed by atoms with Gasteiger partial charge < -0.3 is 15.2 Å². The van der Waals surface area contributed by atoms with Crippen LogP contribution in [0.4, 0.5) is 5.82 Å². The number of nitrogens with one attached hydrogen (secondary N) is 1. The predicted molar refractivity (Wildman–Crippen MR) is 117 cm³/mol. The van der Waals surface area contributed by atoms with E-state index in [0.717, 1.165) is 69.9 Å². The molecule has 6 nitrogen and oxygen atoms in total. The molecule has 2 aliphatic heterocycles. The lowest BCUT2D eigenvalue weighted by Crippen LogP contribution is -2.54. The minimum atomic E-state index is 0.166.